The van der Waals surface area contributed by atoms with Gasteiger partial charge in [-0.25, -0.2) is 4.99 Å². The predicted molar refractivity (Wildman–Crippen MR) is 99.4 cm³/mol. The number of piperidine rings is 1. The maximum absolute atomic E-state index is 11.9. The normalized spacial score (nSPS) is 20.3. The lowest BCUT2D eigenvalue weighted by molar-refractivity contribution is -0.130. The summed E-state index contributed by atoms with van der Waals surface area (Å²) in [7, 11) is 3.49. The van der Waals surface area contributed by atoms with Gasteiger partial charge < -0.3 is 20.4 Å². The highest BCUT2D eigenvalue weighted by Gasteiger charge is 2.23. The van der Waals surface area contributed by atoms with Gasteiger partial charge in [-0.3, -0.25) is 9.59 Å². The fourth-order valence-electron chi connectivity index (χ4n) is 3.39. The fourth-order valence-corrected chi connectivity index (χ4v) is 3.39. The second-order valence-electron chi connectivity index (χ2n) is 7.36. The predicted octanol–water partition coefficient (Wildman–Crippen LogP) is 0.953. The molecule has 2 aliphatic rings. The number of carbonyl (C=O) groups is 2. The molecular weight excluding hydrogens is 318 g/mol. The minimum Gasteiger partial charge on any atom is -0.354 e. The van der Waals surface area contributed by atoms with E-state index in [2.05, 4.69) is 15.6 Å². The molecule has 0 aromatic rings. The van der Waals surface area contributed by atoms with E-state index in [1.165, 1.54) is 19.3 Å². The number of nitrogens with zero attached hydrogens (tertiary/aromatic N) is 3. The summed E-state index contributed by atoms with van der Waals surface area (Å²) in [6.45, 7) is 3.33. The Kier molecular flexibility index (Phi) is 7.52. The molecule has 2 rings (SSSR count). The summed E-state index contributed by atoms with van der Waals surface area (Å²) >= 11 is 0. The van der Waals surface area contributed by atoms with Gasteiger partial charge in [0.2, 0.25) is 11.8 Å². The molecule has 2 fully saturated rings. The Morgan fingerprint density at radius 2 is 1.56 bits per heavy atom. The molecule has 1 aliphatic carbocycles. The first-order valence-electron chi connectivity index (χ1n) is 9.49. The molecule has 25 heavy (non-hydrogen) atoms. The molecular formula is C18H33N5O2. The monoisotopic (exact) mass is 351 g/mol. The minimum absolute atomic E-state index is 0.00357. The molecule has 0 unspecified atom stereocenters. The van der Waals surface area contributed by atoms with E-state index in [0.717, 1.165) is 44.7 Å². The van der Waals surface area contributed by atoms with Gasteiger partial charge in [0, 0.05) is 46.2 Å². The average Bonchev–Trinajstić information content (AvgIpc) is 2.60. The molecule has 0 bridgehead atoms. The van der Waals surface area contributed by atoms with Crippen LogP contribution in [0.1, 0.15) is 51.9 Å². The summed E-state index contributed by atoms with van der Waals surface area (Å²) in [6, 6.07) is 0.728. The maximum Gasteiger partial charge on any atom is 0.243 e. The van der Waals surface area contributed by atoms with Crippen LogP contribution in [0.3, 0.4) is 0 Å². The number of guanidine groups is 1. The smallest absolute Gasteiger partial charge is 0.243 e. The third-order valence-corrected chi connectivity index (χ3v) is 5.10. The van der Waals surface area contributed by atoms with Crippen LogP contribution in [0, 0.1) is 0 Å². The van der Waals surface area contributed by atoms with Crippen molar-refractivity contribution in [2.75, 3.05) is 33.7 Å². The Morgan fingerprint density at radius 1 is 1.00 bits per heavy atom. The molecule has 1 aliphatic heterocycles. The van der Waals surface area contributed by atoms with Crippen molar-refractivity contribution in [1.82, 2.24) is 20.4 Å². The van der Waals surface area contributed by atoms with Gasteiger partial charge in [-0.05, 0) is 25.7 Å². The number of amides is 2. The van der Waals surface area contributed by atoms with E-state index in [1.807, 2.05) is 4.90 Å². The fraction of sp³-hybridized carbons (Fsp3) is 0.833. The van der Waals surface area contributed by atoms with Gasteiger partial charge in [-0.15, -0.1) is 0 Å². The van der Waals surface area contributed by atoms with E-state index in [0.29, 0.717) is 12.1 Å². The van der Waals surface area contributed by atoms with Crippen molar-refractivity contribution >= 4 is 17.8 Å². The molecule has 142 valence electrons. The first kappa shape index (κ1) is 19.5. The van der Waals surface area contributed by atoms with E-state index in [9.17, 15) is 9.59 Å². The van der Waals surface area contributed by atoms with Gasteiger partial charge in [0.1, 0.15) is 6.54 Å². The van der Waals surface area contributed by atoms with Crippen LogP contribution in [0.4, 0.5) is 0 Å². The molecule has 2 amide bonds. The van der Waals surface area contributed by atoms with Crippen molar-refractivity contribution < 1.29 is 9.59 Å². The molecule has 2 N–H and O–H groups in total. The second kappa shape index (κ2) is 9.63. The number of carbonyl (C=O) groups excluding carboxylic acids is 2. The van der Waals surface area contributed by atoms with E-state index in [1.54, 1.807) is 25.9 Å². The quantitative estimate of drug-likeness (QED) is 0.584. The molecule has 0 aromatic carbocycles. The highest BCUT2D eigenvalue weighted by Crippen LogP contribution is 2.17. The number of aliphatic imine (C=N–C) groups is 1. The summed E-state index contributed by atoms with van der Waals surface area (Å²) in [6.07, 6.45) is 7.94. The highest BCUT2D eigenvalue weighted by atomic mass is 16.2. The first-order chi connectivity index (χ1) is 12.0. The third-order valence-electron chi connectivity index (χ3n) is 5.10. The van der Waals surface area contributed by atoms with Crippen LogP contribution in [0.15, 0.2) is 4.99 Å². The van der Waals surface area contributed by atoms with Crippen LogP contribution in [0.25, 0.3) is 0 Å². The Labute approximate surface area is 151 Å². The van der Waals surface area contributed by atoms with Gasteiger partial charge in [0.25, 0.3) is 0 Å². The molecule has 1 saturated carbocycles. The maximum atomic E-state index is 11.9. The number of likely N-dealkylation sites (N-methyl/N-ethyl adjacent to an activating group) is 1. The molecule has 7 nitrogen and oxygen atoms in total. The Bertz CT molecular complexity index is 478. The average molecular weight is 351 g/mol. The van der Waals surface area contributed by atoms with E-state index >= 15 is 0 Å². The third kappa shape index (κ3) is 6.55. The summed E-state index contributed by atoms with van der Waals surface area (Å²) in [5, 5.41) is 7.01. The molecule has 0 radical (unpaired) electrons. The number of rotatable bonds is 4. The Hall–Kier alpha value is -1.79. The van der Waals surface area contributed by atoms with Gasteiger partial charge in [0.05, 0.1) is 0 Å². The lowest BCUT2D eigenvalue weighted by atomic mass is 9.95. The molecule has 1 heterocycles. The zero-order valence-electron chi connectivity index (χ0n) is 15.9. The summed E-state index contributed by atoms with van der Waals surface area (Å²) in [5.74, 6) is 0.878. The summed E-state index contributed by atoms with van der Waals surface area (Å²) in [4.78, 5) is 31.3. The van der Waals surface area contributed by atoms with Gasteiger partial charge >= 0.3 is 0 Å². The lowest BCUT2D eigenvalue weighted by Gasteiger charge is -2.33. The Morgan fingerprint density at radius 3 is 2.08 bits per heavy atom. The Balaban J connectivity index is 1.92. The zero-order valence-corrected chi connectivity index (χ0v) is 15.9. The van der Waals surface area contributed by atoms with Crippen molar-refractivity contribution in [3.63, 3.8) is 0 Å². The van der Waals surface area contributed by atoms with Gasteiger partial charge in [0.15, 0.2) is 5.96 Å². The van der Waals surface area contributed by atoms with Gasteiger partial charge in [-0.1, -0.05) is 19.3 Å². The van der Waals surface area contributed by atoms with Crippen molar-refractivity contribution in [3.8, 4) is 0 Å². The van der Waals surface area contributed by atoms with Crippen LogP contribution in [-0.4, -0.2) is 73.4 Å². The zero-order chi connectivity index (χ0) is 18.2. The summed E-state index contributed by atoms with van der Waals surface area (Å²) < 4.78 is 0. The molecule has 7 heteroatoms. The van der Waals surface area contributed by atoms with Crippen LogP contribution >= 0.6 is 0 Å². The molecule has 0 aromatic heterocycles. The SMILES string of the molecule is CC(=O)N1CCC(NC(=NCC(=O)N(C)C)NC2CCCCC2)CC1. The topological polar surface area (TPSA) is 77.0 Å². The molecule has 1 saturated heterocycles. The van der Waals surface area contributed by atoms with E-state index in [-0.39, 0.29) is 18.4 Å². The second-order valence-corrected chi connectivity index (χ2v) is 7.36. The number of likely N-dealkylation sites (tertiary alicyclic amines) is 1. The first-order valence-corrected chi connectivity index (χ1v) is 9.49. The van der Waals surface area contributed by atoms with Crippen molar-refractivity contribution in [3.05, 3.63) is 0 Å². The lowest BCUT2D eigenvalue weighted by Crippen LogP contribution is -2.52. The van der Waals surface area contributed by atoms with Crippen molar-refractivity contribution in [2.45, 2.75) is 64.0 Å². The van der Waals surface area contributed by atoms with Crippen LogP contribution in [-0.2, 0) is 9.59 Å². The molecule has 0 spiro atoms. The molecule has 0 atom stereocenters. The van der Waals surface area contributed by atoms with E-state index < -0.39 is 0 Å². The van der Waals surface area contributed by atoms with Crippen molar-refractivity contribution in [2.24, 2.45) is 4.99 Å². The van der Waals surface area contributed by atoms with Crippen molar-refractivity contribution in [1.29, 1.82) is 0 Å². The highest BCUT2D eigenvalue weighted by molar-refractivity contribution is 5.85. The van der Waals surface area contributed by atoms with Crippen LogP contribution in [0.2, 0.25) is 0 Å². The standard InChI is InChI=1S/C18H33N5O2/c1-14(24)23-11-9-16(10-12-23)21-18(19-13-17(25)22(2)3)20-15-7-5-4-6-8-15/h15-16H,4-13H2,1-3H3,(H2,19,20,21). The largest absolute Gasteiger partial charge is 0.354 e. The number of nitrogens with one attached hydrogen (secondary N) is 2. The number of hydrogen-bond donors (Lipinski definition) is 2. The van der Waals surface area contributed by atoms with E-state index in [4.69, 9.17) is 0 Å². The van der Waals surface area contributed by atoms with Crippen LogP contribution < -0.4 is 10.6 Å². The van der Waals surface area contributed by atoms with Gasteiger partial charge in [-0.2, -0.15) is 0 Å². The summed E-state index contributed by atoms with van der Waals surface area (Å²) in [5.41, 5.74) is 0. The minimum atomic E-state index is -0.00357. The number of hydrogen-bond acceptors (Lipinski definition) is 3. The van der Waals surface area contributed by atoms with Crippen LogP contribution in [0.5, 0.6) is 0 Å².